The molecule has 0 aliphatic heterocycles. The van der Waals surface area contributed by atoms with Crippen LogP contribution >= 0.6 is 12.2 Å². The molecular formula is C19H16S. The zero-order valence-electron chi connectivity index (χ0n) is 11.6. The van der Waals surface area contributed by atoms with Crippen molar-refractivity contribution >= 4 is 33.4 Å². The lowest BCUT2D eigenvalue weighted by molar-refractivity contribution is 0.941. The van der Waals surface area contributed by atoms with Crippen LogP contribution in [0.1, 0.15) is 36.0 Å². The second-order valence-electron chi connectivity index (χ2n) is 5.77. The van der Waals surface area contributed by atoms with Gasteiger partial charge in [0.1, 0.15) is 0 Å². The van der Waals surface area contributed by atoms with E-state index in [1.54, 1.807) is 0 Å². The van der Waals surface area contributed by atoms with E-state index in [0.717, 1.165) is 24.1 Å². The van der Waals surface area contributed by atoms with Crippen LogP contribution in [0.3, 0.4) is 0 Å². The number of fused-ring (bicyclic) bond motifs is 4. The van der Waals surface area contributed by atoms with Gasteiger partial charge in [-0.2, -0.15) is 0 Å². The molecule has 0 saturated heterocycles. The van der Waals surface area contributed by atoms with Crippen molar-refractivity contribution in [2.24, 2.45) is 0 Å². The highest BCUT2D eigenvalue weighted by Crippen LogP contribution is 2.40. The first-order valence-electron chi connectivity index (χ1n) is 7.19. The monoisotopic (exact) mass is 276 g/mol. The van der Waals surface area contributed by atoms with Gasteiger partial charge in [-0.15, -0.1) is 0 Å². The summed E-state index contributed by atoms with van der Waals surface area (Å²) < 4.78 is 0. The number of hydrogen-bond donors (Lipinski definition) is 0. The van der Waals surface area contributed by atoms with Crippen molar-refractivity contribution in [1.29, 1.82) is 0 Å². The molecule has 2 aromatic rings. The van der Waals surface area contributed by atoms with Crippen molar-refractivity contribution in [1.82, 2.24) is 0 Å². The lowest BCUT2D eigenvalue weighted by atomic mass is 9.79. The van der Waals surface area contributed by atoms with Crippen molar-refractivity contribution in [3.05, 3.63) is 64.7 Å². The van der Waals surface area contributed by atoms with Crippen LogP contribution in [0.15, 0.2) is 48.1 Å². The standard InChI is InChI=1S/C19H16S/c1-12-6-8-16-14(10-12)7-9-17-15-5-3-2-4-13(15)11-18(20)19(16)17/h3,5-10H,2,4,11H2,1H3. The number of benzene rings is 2. The highest BCUT2D eigenvalue weighted by Gasteiger charge is 2.23. The summed E-state index contributed by atoms with van der Waals surface area (Å²) >= 11 is 5.73. The lowest BCUT2D eigenvalue weighted by Crippen LogP contribution is -2.13. The maximum atomic E-state index is 5.73. The molecule has 0 radical (unpaired) electrons. The number of allylic oxidation sites excluding steroid dienone is 4. The Kier molecular flexibility index (Phi) is 2.64. The van der Waals surface area contributed by atoms with Crippen LogP contribution in [0.2, 0.25) is 0 Å². The summed E-state index contributed by atoms with van der Waals surface area (Å²) in [6.45, 7) is 2.14. The Balaban J connectivity index is 2.07. The van der Waals surface area contributed by atoms with Gasteiger partial charge in [0, 0.05) is 16.8 Å². The third kappa shape index (κ3) is 1.70. The highest BCUT2D eigenvalue weighted by molar-refractivity contribution is 7.80. The van der Waals surface area contributed by atoms with Crippen LogP contribution in [0.4, 0.5) is 0 Å². The first kappa shape index (κ1) is 12.0. The Hall–Kier alpha value is -1.73. The van der Waals surface area contributed by atoms with E-state index >= 15 is 0 Å². The maximum Gasteiger partial charge on any atom is 0.0277 e. The normalized spacial score (nSPS) is 17.4. The minimum Gasteiger partial charge on any atom is -0.0839 e. The molecule has 0 bridgehead atoms. The lowest BCUT2D eigenvalue weighted by Gasteiger charge is -2.26. The summed E-state index contributed by atoms with van der Waals surface area (Å²) in [5.41, 5.74) is 6.88. The minimum absolute atomic E-state index is 0.967. The SMILES string of the molecule is Cc1ccc2c3c(ccc2c1)C1=C(CCC=C1)CC3=S. The van der Waals surface area contributed by atoms with Gasteiger partial charge in [-0.3, -0.25) is 0 Å². The molecule has 0 fully saturated rings. The van der Waals surface area contributed by atoms with E-state index in [0.29, 0.717) is 0 Å². The number of rotatable bonds is 0. The average molecular weight is 276 g/mol. The molecule has 0 N–H and O–H groups in total. The second-order valence-corrected chi connectivity index (χ2v) is 6.26. The summed E-state index contributed by atoms with van der Waals surface area (Å²) in [7, 11) is 0. The molecule has 98 valence electrons. The summed E-state index contributed by atoms with van der Waals surface area (Å²) in [5, 5.41) is 2.61. The zero-order chi connectivity index (χ0) is 13.7. The van der Waals surface area contributed by atoms with Crippen LogP contribution in [0, 0.1) is 6.92 Å². The highest BCUT2D eigenvalue weighted by atomic mass is 32.1. The van der Waals surface area contributed by atoms with Gasteiger partial charge in [-0.25, -0.2) is 0 Å². The van der Waals surface area contributed by atoms with E-state index in [4.69, 9.17) is 12.2 Å². The van der Waals surface area contributed by atoms with E-state index in [9.17, 15) is 0 Å². The molecule has 0 unspecified atom stereocenters. The van der Waals surface area contributed by atoms with Gasteiger partial charge in [0.25, 0.3) is 0 Å². The second kappa shape index (κ2) is 4.39. The van der Waals surface area contributed by atoms with Crippen molar-refractivity contribution < 1.29 is 0 Å². The van der Waals surface area contributed by atoms with Crippen LogP contribution in [-0.2, 0) is 0 Å². The van der Waals surface area contributed by atoms with Crippen molar-refractivity contribution in [2.45, 2.75) is 26.2 Å². The minimum atomic E-state index is 0.967. The topological polar surface area (TPSA) is 0 Å². The largest absolute Gasteiger partial charge is 0.0839 e. The third-order valence-electron chi connectivity index (χ3n) is 4.40. The molecule has 0 aromatic heterocycles. The molecule has 1 heteroatoms. The van der Waals surface area contributed by atoms with Crippen molar-refractivity contribution in [3.8, 4) is 0 Å². The van der Waals surface area contributed by atoms with E-state index in [-0.39, 0.29) is 0 Å². The van der Waals surface area contributed by atoms with E-state index in [1.807, 2.05) is 0 Å². The van der Waals surface area contributed by atoms with Crippen LogP contribution < -0.4 is 0 Å². The first-order valence-corrected chi connectivity index (χ1v) is 7.60. The molecule has 2 aliphatic carbocycles. The van der Waals surface area contributed by atoms with Gasteiger partial charge >= 0.3 is 0 Å². The number of thiocarbonyl (C=S) groups is 1. The average Bonchev–Trinajstić information content (AvgIpc) is 2.46. The molecule has 0 saturated carbocycles. The summed E-state index contributed by atoms with van der Waals surface area (Å²) in [4.78, 5) is 1.11. The van der Waals surface area contributed by atoms with Gasteiger partial charge in [0.15, 0.2) is 0 Å². The molecule has 0 atom stereocenters. The van der Waals surface area contributed by atoms with Gasteiger partial charge in [0.05, 0.1) is 0 Å². The molecule has 0 amide bonds. The Morgan fingerprint density at radius 3 is 2.90 bits per heavy atom. The molecule has 0 spiro atoms. The molecule has 0 heterocycles. The molecule has 4 rings (SSSR count). The predicted octanol–water partition coefficient (Wildman–Crippen LogP) is 5.37. The fourth-order valence-corrected chi connectivity index (χ4v) is 3.83. The fraction of sp³-hybridized carbons (Fsp3) is 0.211. The smallest absolute Gasteiger partial charge is 0.0277 e. The summed E-state index contributed by atoms with van der Waals surface area (Å²) in [5.74, 6) is 0. The quantitative estimate of drug-likeness (QED) is 0.583. The zero-order valence-corrected chi connectivity index (χ0v) is 12.4. The molecule has 2 aromatic carbocycles. The molecule has 0 nitrogen and oxygen atoms in total. The summed E-state index contributed by atoms with van der Waals surface area (Å²) in [6.07, 6.45) is 7.87. The Morgan fingerprint density at radius 1 is 1.10 bits per heavy atom. The summed E-state index contributed by atoms with van der Waals surface area (Å²) in [6, 6.07) is 11.2. The van der Waals surface area contributed by atoms with Gasteiger partial charge in [-0.1, -0.05) is 65.8 Å². The van der Waals surface area contributed by atoms with E-state index in [1.165, 1.54) is 38.6 Å². The van der Waals surface area contributed by atoms with Gasteiger partial charge < -0.3 is 0 Å². The van der Waals surface area contributed by atoms with E-state index in [2.05, 4.69) is 49.4 Å². The van der Waals surface area contributed by atoms with Gasteiger partial charge in [-0.05, 0) is 41.7 Å². The van der Waals surface area contributed by atoms with E-state index < -0.39 is 0 Å². The molecular weight excluding hydrogens is 260 g/mol. The first-order chi connectivity index (χ1) is 9.74. The Morgan fingerprint density at radius 2 is 2.00 bits per heavy atom. The van der Waals surface area contributed by atoms with Crippen LogP contribution in [0.5, 0.6) is 0 Å². The number of hydrogen-bond acceptors (Lipinski definition) is 1. The van der Waals surface area contributed by atoms with Crippen LogP contribution in [0.25, 0.3) is 16.3 Å². The molecule has 20 heavy (non-hydrogen) atoms. The predicted molar refractivity (Wildman–Crippen MR) is 90.3 cm³/mol. The van der Waals surface area contributed by atoms with Gasteiger partial charge in [0.2, 0.25) is 0 Å². The number of aryl methyl sites for hydroxylation is 1. The van der Waals surface area contributed by atoms with Crippen LogP contribution in [-0.4, -0.2) is 4.86 Å². The maximum absolute atomic E-state index is 5.73. The van der Waals surface area contributed by atoms with Crippen molar-refractivity contribution in [3.63, 3.8) is 0 Å². The Bertz CT molecular complexity index is 806. The van der Waals surface area contributed by atoms with Crippen molar-refractivity contribution in [2.75, 3.05) is 0 Å². The third-order valence-corrected chi connectivity index (χ3v) is 4.74. The Labute approximate surface area is 124 Å². The fourth-order valence-electron chi connectivity index (χ4n) is 3.43. The molecule has 2 aliphatic rings.